The smallest absolute Gasteiger partial charge is 0.0856 e. The van der Waals surface area contributed by atoms with E-state index in [1.807, 2.05) is 10.9 Å². The second-order valence-electron chi connectivity index (χ2n) is 5.56. The van der Waals surface area contributed by atoms with Gasteiger partial charge in [-0.3, -0.25) is 4.68 Å². The maximum atomic E-state index is 10.4. The minimum Gasteiger partial charge on any atom is -0.388 e. The van der Waals surface area contributed by atoms with Crippen molar-refractivity contribution in [3.63, 3.8) is 0 Å². The first-order chi connectivity index (χ1) is 8.23. The van der Waals surface area contributed by atoms with Crippen LogP contribution in [0.25, 0.3) is 0 Å². The molecule has 0 amide bonds. The molecule has 2 N–H and O–H groups in total. The van der Waals surface area contributed by atoms with Crippen molar-refractivity contribution in [2.75, 3.05) is 13.1 Å². The lowest BCUT2D eigenvalue weighted by molar-refractivity contribution is 0.0161. The van der Waals surface area contributed by atoms with Gasteiger partial charge in [-0.2, -0.15) is 0 Å². The highest BCUT2D eigenvalue weighted by Crippen LogP contribution is 2.30. The largest absolute Gasteiger partial charge is 0.388 e. The zero-order chi connectivity index (χ0) is 11.7. The average Bonchev–Trinajstić information content (AvgIpc) is 3.00. The first-order valence-corrected chi connectivity index (χ1v) is 6.56. The fraction of sp³-hybridized carbons (Fsp3) is 0.833. The number of piperidine rings is 1. The van der Waals surface area contributed by atoms with E-state index in [-0.39, 0.29) is 0 Å². The van der Waals surface area contributed by atoms with Crippen LogP contribution in [0.2, 0.25) is 0 Å². The minimum atomic E-state index is -0.626. The van der Waals surface area contributed by atoms with Crippen molar-refractivity contribution in [2.24, 2.45) is 5.92 Å². The van der Waals surface area contributed by atoms with E-state index < -0.39 is 5.60 Å². The van der Waals surface area contributed by atoms with Gasteiger partial charge in [-0.25, -0.2) is 0 Å². The molecule has 1 aromatic heterocycles. The molecule has 1 unspecified atom stereocenters. The highest BCUT2D eigenvalue weighted by Gasteiger charge is 2.30. The van der Waals surface area contributed by atoms with Gasteiger partial charge >= 0.3 is 0 Å². The highest BCUT2D eigenvalue weighted by molar-refractivity contribution is 5.02. The summed E-state index contributed by atoms with van der Waals surface area (Å²) >= 11 is 0. The Morgan fingerprint density at radius 1 is 1.53 bits per heavy atom. The molecule has 5 heteroatoms. The van der Waals surface area contributed by atoms with Crippen LogP contribution in [-0.2, 0) is 13.0 Å². The van der Waals surface area contributed by atoms with Gasteiger partial charge in [0.1, 0.15) is 0 Å². The molecule has 2 heterocycles. The SMILES string of the molecule is OC1(Cc2cn(CC3CC3)nn2)CCCNC1. The number of hydrogen-bond acceptors (Lipinski definition) is 4. The number of nitrogens with one attached hydrogen (secondary N) is 1. The summed E-state index contributed by atoms with van der Waals surface area (Å²) in [5, 5.41) is 21.9. The highest BCUT2D eigenvalue weighted by atomic mass is 16.3. The molecule has 2 fully saturated rings. The molecule has 1 atom stereocenters. The maximum Gasteiger partial charge on any atom is 0.0856 e. The normalized spacial score (nSPS) is 29.5. The summed E-state index contributed by atoms with van der Waals surface area (Å²) in [4.78, 5) is 0. The Kier molecular flexibility index (Phi) is 2.88. The molecular weight excluding hydrogens is 216 g/mol. The Balaban J connectivity index is 1.61. The van der Waals surface area contributed by atoms with Crippen molar-refractivity contribution < 1.29 is 5.11 Å². The third-order valence-corrected chi connectivity index (χ3v) is 3.69. The van der Waals surface area contributed by atoms with Crippen LogP contribution >= 0.6 is 0 Å². The van der Waals surface area contributed by atoms with Gasteiger partial charge in [0.15, 0.2) is 0 Å². The van der Waals surface area contributed by atoms with Crippen LogP contribution in [0, 0.1) is 5.92 Å². The van der Waals surface area contributed by atoms with Gasteiger partial charge in [0, 0.05) is 25.7 Å². The number of β-amino-alcohol motifs (C(OH)–C–C–N with tert-alkyl or cyclic N) is 1. The second kappa shape index (κ2) is 4.38. The first-order valence-electron chi connectivity index (χ1n) is 6.56. The average molecular weight is 236 g/mol. The Bertz CT molecular complexity index is 380. The van der Waals surface area contributed by atoms with E-state index in [1.165, 1.54) is 12.8 Å². The van der Waals surface area contributed by atoms with Crippen LogP contribution in [0.5, 0.6) is 0 Å². The van der Waals surface area contributed by atoms with Gasteiger partial charge in [-0.05, 0) is 38.1 Å². The number of aromatic nitrogens is 3. The quantitative estimate of drug-likeness (QED) is 0.791. The standard InChI is InChI=1S/C12H20N4O/c17-12(4-1-5-13-9-12)6-11-8-16(15-14-11)7-10-2-3-10/h8,10,13,17H,1-7,9H2. The molecule has 3 rings (SSSR count). The lowest BCUT2D eigenvalue weighted by atomic mass is 9.90. The fourth-order valence-electron chi connectivity index (χ4n) is 2.51. The van der Waals surface area contributed by atoms with E-state index in [0.717, 1.165) is 37.5 Å². The molecule has 17 heavy (non-hydrogen) atoms. The van der Waals surface area contributed by atoms with Gasteiger partial charge in [-0.1, -0.05) is 5.21 Å². The van der Waals surface area contributed by atoms with Crippen molar-refractivity contribution in [3.05, 3.63) is 11.9 Å². The van der Waals surface area contributed by atoms with Gasteiger partial charge in [-0.15, -0.1) is 5.10 Å². The molecule has 1 saturated heterocycles. The molecule has 0 aromatic carbocycles. The molecule has 5 nitrogen and oxygen atoms in total. The van der Waals surface area contributed by atoms with E-state index >= 15 is 0 Å². The molecule has 1 aliphatic carbocycles. The number of aliphatic hydroxyl groups is 1. The van der Waals surface area contributed by atoms with E-state index in [2.05, 4.69) is 15.6 Å². The van der Waals surface area contributed by atoms with E-state index in [4.69, 9.17) is 0 Å². The monoisotopic (exact) mass is 236 g/mol. The van der Waals surface area contributed by atoms with Gasteiger partial charge in [0.25, 0.3) is 0 Å². The Hall–Kier alpha value is -0.940. The summed E-state index contributed by atoms with van der Waals surface area (Å²) in [5.74, 6) is 0.809. The van der Waals surface area contributed by atoms with Gasteiger partial charge in [0.2, 0.25) is 0 Å². The minimum absolute atomic E-state index is 0.616. The Morgan fingerprint density at radius 3 is 3.12 bits per heavy atom. The Labute approximate surface area is 101 Å². The van der Waals surface area contributed by atoms with Crippen molar-refractivity contribution in [2.45, 2.75) is 44.2 Å². The van der Waals surface area contributed by atoms with Crippen molar-refractivity contribution in [3.8, 4) is 0 Å². The van der Waals surface area contributed by atoms with E-state index in [0.29, 0.717) is 13.0 Å². The van der Waals surface area contributed by atoms with E-state index in [9.17, 15) is 5.11 Å². The molecule has 0 radical (unpaired) electrons. The maximum absolute atomic E-state index is 10.4. The third-order valence-electron chi connectivity index (χ3n) is 3.69. The number of hydrogen-bond donors (Lipinski definition) is 2. The molecule has 94 valence electrons. The molecular formula is C12H20N4O. The van der Waals surface area contributed by atoms with Gasteiger partial charge in [0.05, 0.1) is 11.3 Å². The lowest BCUT2D eigenvalue weighted by Gasteiger charge is -2.31. The van der Waals surface area contributed by atoms with Crippen LogP contribution < -0.4 is 5.32 Å². The zero-order valence-electron chi connectivity index (χ0n) is 10.1. The summed E-state index contributed by atoms with van der Waals surface area (Å²) in [6.07, 6.45) is 7.14. The van der Waals surface area contributed by atoms with E-state index in [1.54, 1.807) is 0 Å². The fourth-order valence-corrected chi connectivity index (χ4v) is 2.51. The van der Waals surface area contributed by atoms with Crippen molar-refractivity contribution >= 4 is 0 Å². The molecule has 0 bridgehead atoms. The summed E-state index contributed by atoms with van der Waals surface area (Å²) < 4.78 is 1.92. The van der Waals surface area contributed by atoms with Crippen LogP contribution in [0.1, 0.15) is 31.4 Å². The summed E-state index contributed by atoms with van der Waals surface area (Å²) in [5.41, 5.74) is 0.287. The molecule has 0 spiro atoms. The van der Waals surface area contributed by atoms with Crippen molar-refractivity contribution in [1.82, 2.24) is 20.3 Å². The summed E-state index contributed by atoms with van der Waals surface area (Å²) in [6, 6.07) is 0. The molecule has 1 aliphatic heterocycles. The number of nitrogens with zero attached hydrogens (tertiary/aromatic N) is 3. The molecule has 2 aliphatic rings. The van der Waals surface area contributed by atoms with Gasteiger partial charge < -0.3 is 10.4 Å². The van der Waals surface area contributed by atoms with Crippen LogP contribution in [0.15, 0.2) is 6.20 Å². The van der Waals surface area contributed by atoms with Crippen LogP contribution in [0.3, 0.4) is 0 Å². The lowest BCUT2D eigenvalue weighted by Crippen LogP contribution is -2.47. The van der Waals surface area contributed by atoms with Crippen molar-refractivity contribution in [1.29, 1.82) is 0 Å². The topological polar surface area (TPSA) is 63.0 Å². The predicted octanol–water partition coefficient (Wildman–Crippen LogP) is 0.345. The molecule has 1 aromatic rings. The predicted molar refractivity (Wildman–Crippen MR) is 63.5 cm³/mol. The summed E-state index contributed by atoms with van der Waals surface area (Å²) in [6.45, 7) is 2.67. The number of rotatable bonds is 4. The molecule has 1 saturated carbocycles. The Morgan fingerprint density at radius 2 is 2.41 bits per heavy atom. The third kappa shape index (κ3) is 2.84. The summed E-state index contributed by atoms with van der Waals surface area (Å²) in [7, 11) is 0. The zero-order valence-corrected chi connectivity index (χ0v) is 10.1. The second-order valence-corrected chi connectivity index (χ2v) is 5.56. The van der Waals surface area contributed by atoms with Crippen LogP contribution in [0.4, 0.5) is 0 Å². The first kappa shape index (κ1) is 11.2. The van der Waals surface area contributed by atoms with Crippen LogP contribution in [-0.4, -0.2) is 38.8 Å².